The van der Waals surface area contributed by atoms with Crippen LogP contribution < -0.4 is 23.2 Å². The van der Waals surface area contributed by atoms with Gasteiger partial charge in [0.25, 0.3) is 5.65 Å². The number of benzene rings is 2. The van der Waals surface area contributed by atoms with Crippen molar-refractivity contribution >= 4 is 28.0 Å². The Morgan fingerprint density at radius 3 is 2.06 bits per heavy atom. The predicted molar refractivity (Wildman–Crippen MR) is 104 cm³/mol. The maximum absolute atomic E-state index is 8.49. The SMILES string of the molecule is CC[n+]1c2nc3ccccc3nc2n2ccc(C)c(-c3ccccc3)c21.[O-][Cl+3]([O-])([O-])[O-]. The number of aromatic nitrogens is 4. The molecule has 3 heterocycles. The van der Waals surface area contributed by atoms with Gasteiger partial charge in [-0.3, -0.25) is 0 Å². The molecule has 0 aliphatic rings. The lowest BCUT2D eigenvalue weighted by molar-refractivity contribution is -2.00. The highest BCUT2D eigenvalue weighted by Crippen LogP contribution is 2.29. The quantitative estimate of drug-likeness (QED) is 0.344. The number of imidazole rings is 1. The average molecular weight is 439 g/mol. The third-order valence-corrected chi connectivity index (χ3v) is 4.97. The minimum atomic E-state index is -4.94. The van der Waals surface area contributed by atoms with Crippen LogP contribution in [0, 0.1) is 17.2 Å². The van der Waals surface area contributed by atoms with Crippen LogP contribution >= 0.6 is 0 Å². The monoisotopic (exact) mass is 438 g/mol. The smallest absolute Gasteiger partial charge is 0.225 e. The molecule has 0 atom stereocenters. The van der Waals surface area contributed by atoms with Crippen molar-refractivity contribution in [1.82, 2.24) is 14.4 Å². The van der Waals surface area contributed by atoms with E-state index in [4.69, 9.17) is 28.6 Å². The first kappa shape index (κ1) is 21.1. The maximum Gasteiger partial charge on any atom is 0.323 e. The molecule has 0 saturated carbocycles. The van der Waals surface area contributed by atoms with E-state index in [0.717, 1.165) is 34.5 Å². The number of hydrogen-bond donors (Lipinski definition) is 0. The van der Waals surface area contributed by atoms with Gasteiger partial charge < -0.3 is 0 Å². The molecule has 0 radical (unpaired) electrons. The molecule has 0 fully saturated rings. The molecule has 5 aromatic rings. The lowest BCUT2D eigenvalue weighted by Crippen LogP contribution is -2.68. The number of rotatable bonds is 2. The molecule has 31 heavy (non-hydrogen) atoms. The van der Waals surface area contributed by atoms with E-state index >= 15 is 0 Å². The average Bonchev–Trinajstić information content (AvgIpc) is 3.03. The second-order valence-corrected chi connectivity index (χ2v) is 7.67. The van der Waals surface area contributed by atoms with Crippen LogP contribution in [0.2, 0.25) is 0 Å². The van der Waals surface area contributed by atoms with Gasteiger partial charge in [0, 0.05) is 0 Å². The molecule has 5 rings (SSSR count). The molecular formula is C22H19ClN4O4. The van der Waals surface area contributed by atoms with E-state index in [0.29, 0.717) is 0 Å². The van der Waals surface area contributed by atoms with Gasteiger partial charge in [-0.05, 0) is 43.2 Å². The summed E-state index contributed by atoms with van der Waals surface area (Å²) in [6, 6.07) is 20.8. The van der Waals surface area contributed by atoms with Gasteiger partial charge in [-0.1, -0.05) is 47.4 Å². The van der Waals surface area contributed by atoms with Crippen LogP contribution in [-0.4, -0.2) is 14.4 Å². The van der Waals surface area contributed by atoms with Crippen molar-refractivity contribution in [3.8, 4) is 11.1 Å². The van der Waals surface area contributed by atoms with Crippen LogP contribution in [0.3, 0.4) is 0 Å². The summed E-state index contributed by atoms with van der Waals surface area (Å²) in [5.41, 5.74) is 8.51. The van der Waals surface area contributed by atoms with Crippen LogP contribution in [0.4, 0.5) is 0 Å². The normalized spacial score (nSPS) is 11.7. The molecule has 0 spiro atoms. The highest BCUT2D eigenvalue weighted by atomic mass is 35.7. The van der Waals surface area contributed by atoms with Crippen LogP contribution in [0.25, 0.3) is 39.1 Å². The van der Waals surface area contributed by atoms with Gasteiger partial charge in [0.05, 0.1) is 18.3 Å². The van der Waals surface area contributed by atoms with Gasteiger partial charge in [0.2, 0.25) is 5.65 Å². The number of para-hydroxylation sites is 2. The zero-order valence-electron chi connectivity index (χ0n) is 16.9. The standard InChI is InChI=1S/C22H19N4.ClHO4/c1-3-25-20-21(24-18-12-8-7-11-17(18)23-20)26-14-13-15(2)19(22(25)26)16-9-5-4-6-10-16;2-1(3,4)5/h4-14H,3H2,1-2H3;(H,2,3,4,5)/q+1;/p-1. The van der Waals surface area contributed by atoms with Crippen molar-refractivity contribution in [3.63, 3.8) is 0 Å². The maximum atomic E-state index is 8.49. The predicted octanol–water partition coefficient (Wildman–Crippen LogP) is -0.437. The van der Waals surface area contributed by atoms with Gasteiger partial charge in [-0.15, -0.1) is 10.2 Å². The lowest BCUT2D eigenvalue weighted by atomic mass is 10.0. The molecule has 0 bridgehead atoms. The van der Waals surface area contributed by atoms with E-state index in [1.807, 2.05) is 24.3 Å². The first-order valence-electron chi connectivity index (χ1n) is 9.55. The summed E-state index contributed by atoms with van der Waals surface area (Å²) in [4.78, 5) is 9.85. The summed E-state index contributed by atoms with van der Waals surface area (Å²) < 4.78 is 38.4. The number of nitrogens with zero attached hydrogens (tertiary/aromatic N) is 4. The highest BCUT2D eigenvalue weighted by Gasteiger charge is 2.25. The Hall–Kier alpha value is -3.14. The van der Waals surface area contributed by atoms with Crippen molar-refractivity contribution in [2.24, 2.45) is 0 Å². The Balaban J connectivity index is 0.000000418. The number of hydrogen-bond acceptors (Lipinski definition) is 6. The largest absolute Gasteiger partial charge is 0.323 e. The van der Waals surface area contributed by atoms with Gasteiger partial charge in [0.1, 0.15) is 5.52 Å². The third-order valence-electron chi connectivity index (χ3n) is 4.97. The van der Waals surface area contributed by atoms with Crippen LogP contribution in [-0.2, 0) is 6.54 Å². The van der Waals surface area contributed by atoms with Crippen molar-refractivity contribution in [1.29, 1.82) is 0 Å². The molecule has 2 aromatic carbocycles. The summed E-state index contributed by atoms with van der Waals surface area (Å²) in [6.45, 7) is 5.16. The van der Waals surface area contributed by atoms with Crippen LogP contribution in [0.1, 0.15) is 12.5 Å². The molecule has 0 N–H and O–H groups in total. The fraction of sp³-hybridized carbons (Fsp3) is 0.136. The van der Waals surface area contributed by atoms with E-state index in [2.05, 4.69) is 65.4 Å². The van der Waals surface area contributed by atoms with Gasteiger partial charge in [0.15, 0.2) is 5.52 Å². The van der Waals surface area contributed by atoms with E-state index < -0.39 is 10.2 Å². The molecule has 3 aromatic heterocycles. The van der Waals surface area contributed by atoms with Crippen molar-refractivity contribution in [2.75, 3.05) is 0 Å². The zero-order chi connectivity index (χ0) is 22.2. The molecular weight excluding hydrogens is 420 g/mol. The third kappa shape index (κ3) is 4.20. The van der Waals surface area contributed by atoms with E-state index in [9.17, 15) is 0 Å². The topological polar surface area (TPSA) is 126 Å². The summed E-state index contributed by atoms with van der Waals surface area (Å²) in [7, 11) is -4.94. The second-order valence-electron chi connectivity index (χ2n) is 6.92. The Labute approximate surface area is 180 Å². The zero-order valence-corrected chi connectivity index (χ0v) is 17.6. The lowest BCUT2D eigenvalue weighted by Gasteiger charge is -2.17. The molecule has 0 aliphatic carbocycles. The molecule has 8 nitrogen and oxygen atoms in total. The highest BCUT2D eigenvalue weighted by molar-refractivity contribution is 5.86. The Kier molecular flexibility index (Phi) is 5.57. The summed E-state index contributed by atoms with van der Waals surface area (Å²) >= 11 is 0. The van der Waals surface area contributed by atoms with Gasteiger partial charge in [-0.2, -0.15) is 0 Å². The second kappa shape index (κ2) is 8.18. The number of halogens is 1. The minimum absolute atomic E-state index is 0.837. The summed E-state index contributed by atoms with van der Waals surface area (Å²) in [6.07, 6.45) is 2.11. The first-order valence-corrected chi connectivity index (χ1v) is 10.8. The van der Waals surface area contributed by atoms with Crippen molar-refractivity contribution < 1.29 is 33.4 Å². The molecule has 0 unspecified atom stereocenters. The Morgan fingerprint density at radius 2 is 1.45 bits per heavy atom. The van der Waals surface area contributed by atoms with Gasteiger partial charge in [-0.25, -0.2) is 32.6 Å². The fourth-order valence-electron chi connectivity index (χ4n) is 3.76. The minimum Gasteiger partial charge on any atom is -0.225 e. The number of fused-ring (bicyclic) bond motifs is 4. The summed E-state index contributed by atoms with van der Waals surface area (Å²) in [5, 5.41) is 0. The van der Waals surface area contributed by atoms with Crippen molar-refractivity contribution in [3.05, 3.63) is 72.4 Å². The number of pyridine rings is 1. The fourth-order valence-corrected chi connectivity index (χ4v) is 3.76. The van der Waals surface area contributed by atoms with Crippen molar-refractivity contribution in [2.45, 2.75) is 20.4 Å². The van der Waals surface area contributed by atoms with Gasteiger partial charge >= 0.3 is 5.65 Å². The molecule has 0 aliphatic heterocycles. The Bertz CT molecular complexity index is 1380. The molecule has 0 saturated heterocycles. The first-order chi connectivity index (χ1) is 14.8. The molecule has 158 valence electrons. The number of aryl methyl sites for hydroxylation is 2. The van der Waals surface area contributed by atoms with Crippen LogP contribution in [0.5, 0.6) is 0 Å². The molecule has 9 heteroatoms. The molecule has 0 amide bonds. The van der Waals surface area contributed by atoms with Crippen LogP contribution in [0.15, 0.2) is 66.9 Å². The van der Waals surface area contributed by atoms with E-state index in [-0.39, 0.29) is 0 Å². The van der Waals surface area contributed by atoms with E-state index in [1.165, 1.54) is 16.7 Å². The Morgan fingerprint density at radius 1 is 0.871 bits per heavy atom. The summed E-state index contributed by atoms with van der Waals surface area (Å²) in [5.74, 6) is 0. The van der Waals surface area contributed by atoms with E-state index in [1.54, 1.807) is 0 Å².